The highest BCUT2D eigenvalue weighted by Crippen LogP contribution is 2.21. The van der Waals surface area contributed by atoms with Crippen LogP contribution in [-0.2, 0) is 0 Å². The highest BCUT2D eigenvalue weighted by molar-refractivity contribution is 5.92. The Balaban J connectivity index is 2.48. The normalized spacial score (nSPS) is 9.50. The zero-order chi connectivity index (χ0) is 14.2. The molecule has 2 aromatic rings. The number of hydrogen-bond acceptors (Lipinski definition) is 2. The van der Waals surface area contributed by atoms with Crippen LogP contribution in [0.15, 0.2) is 36.4 Å². The molecular weight excluding hydrogens is 248 g/mol. The smallest absolute Gasteiger partial charge is 0.0540 e. The Bertz CT molecular complexity index is 646. The summed E-state index contributed by atoms with van der Waals surface area (Å²) in [6.45, 7) is 0.158. The Labute approximate surface area is 119 Å². The quantitative estimate of drug-likeness (QED) is 0.817. The van der Waals surface area contributed by atoms with Gasteiger partial charge >= 0.3 is 0 Å². The first-order valence-corrected chi connectivity index (χ1v) is 6.58. The van der Waals surface area contributed by atoms with Crippen molar-refractivity contribution in [3.63, 3.8) is 0 Å². The van der Waals surface area contributed by atoms with Crippen LogP contribution < -0.4 is 0 Å². The topological polar surface area (TPSA) is 40.5 Å². The molecule has 2 heteroatoms. The number of aliphatic hydroxyl groups excluding tert-OH is 2. The lowest BCUT2D eigenvalue weighted by Crippen LogP contribution is -1.86. The van der Waals surface area contributed by atoms with Gasteiger partial charge in [0.2, 0.25) is 0 Å². The fraction of sp³-hybridized carbons (Fsp3) is 0.222. The van der Waals surface area contributed by atoms with E-state index in [9.17, 15) is 0 Å². The molecule has 0 unspecified atom stereocenters. The van der Waals surface area contributed by atoms with Crippen LogP contribution in [0.3, 0.4) is 0 Å². The average Bonchev–Trinajstić information content (AvgIpc) is 2.49. The lowest BCUT2D eigenvalue weighted by Gasteiger charge is -2.03. The molecule has 0 bridgehead atoms. The fourth-order valence-electron chi connectivity index (χ4n) is 1.94. The van der Waals surface area contributed by atoms with Crippen molar-refractivity contribution in [1.29, 1.82) is 0 Å². The van der Waals surface area contributed by atoms with Crippen molar-refractivity contribution in [2.75, 3.05) is 13.2 Å². The number of hydrogen-bond donors (Lipinski definition) is 2. The molecule has 0 aliphatic rings. The lowest BCUT2D eigenvalue weighted by molar-refractivity contribution is 0.304. The third-order valence-corrected chi connectivity index (χ3v) is 2.84. The van der Waals surface area contributed by atoms with Crippen molar-refractivity contribution < 1.29 is 10.2 Å². The molecule has 0 fully saturated rings. The van der Waals surface area contributed by atoms with E-state index in [0.717, 1.165) is 21.9 Å². The number of benzene rings is 2. The third kappa shape index (κ3) is 3.39. The number of rotatable bonds is 2. The first kappa shape index (κ1) is 14.2. The third-order valence-electron chi connectivity index (χ3n) is 2.84. The highest BCUT2D eigenvalue weighted by atomic mass is 16.3. The SMILES string of the molecule is OCCC#Cc1ccc(C#CCCO)c2ccccc12. The molecule has 0 amide bonds. The predicted molar refractivity (Wildman–Crippen MR) is 81.1 cm³/mol. The van der Waals surface area contributed by atoms with Crippen molar-refractivity contribution in [1.82, 2.24) is 0 Å². The lowest BCUT2D eigenvalue weighted by atomic mass is 10.00. The van der Waals surface area contributed by atoms with Gasteiger partial charge in [-0.05, 0) is 22.9 Å². The predicted octanol–water partition coefficient (Wildman–Crippen LogP) is 2.31. The van der Waals surface area contributed by atoms with Gasteiger partial charge in [0.25, 0.3) is 0 Å². The molecule has 2 nitrogen and oxygen atoms in total. The van der Waals surface area contributed by atoms with Crippen LogP contribution in [0.2, 0.25) is 0 Å². The van der Waals surface area contributed by atoms with Gasteiger partial charge in [-0.3, -0.25) is 0 Å². The van der Waals surface area contributed by atoms with E-state index >= 15 is 0 Å². The summed E-state index contributed by atoms with van der Waals surface area (Å²) in [5.74, 6) is 12.1. The second-order valence-corrected chi connectivity index (χ2v) is 4.26. The van der Waals surface area contributed by atoms with Crippen molar-refractivity contribution in [2.45, 2.75) is 12.8 Å². The molecule has 0 saturated carbocycles. The molecule has 2 N–H and O–H groups in total. The summed E-state index contributed by atoms with van der Waals surface area (Å²) in [6, 6.07) is 11.9. The maximum atomic E-state index is 8.78. The van der Waals surface area contributed by atoms with Gasteiger partial charge < -0.3 is 10.2 Å². The zero-order valence-corrected chi connectivity index (χ0v) is 11.2. The Morgan fingerprint density at radius 1 is 0.700 bits per heavy atom. The van der Waals surface area contributed by atoms with Gasteiger partial charge in [0.15, 0.2) is 0 Å². The van der Waals surface area contributed by atoms with Gasteiger partial charge in [-0.15, -0.1) is 0 Å². The van der Waals surface area contributed by atoms with Crippen molar-refractivity contribution in [3.05, 3.63) is 47.5 Å². The molecule has 0 spiro atoms. The first-order chi connectivity index (χ1) is 9.86. The van der Waals surface area contributed by atoms with Crippen molar-refractivity contribution >= 4 is 10.8 Å². The zero-order valence-electron chi connectivity index (χ0n) is 11.2. The van der Waals surface area contributed by atoms with E-state index in [4.69, 9.17) is 10.2 Å². The van der Waals surface area contributed by atoms with E-state index in [0.29, 0.717) is 12.8 Å². The molecule has 0 saturated heterocycles. The van der Waals surface area contributed by atoms with Crippen LogP contribution in [0.25, 0.3) is 10.8 Å². The Morgan fingerprint density at radius 3 is 1.55 bits per heavy atom. The van der Waals surface area contributed by atoms with Gasteiger partial charge in [0.05, 0.1) is 13.2 Å². The minimum absolute atomic E-state index is 0.0790. The number of aliphatic hydroxyl groups is 2. The molecule has 0 atom stereocenters. The van der Waals surface area contributed by atoms with Crippen molar-refractivity contribution in [3.8, 4) is 23.7 Å². The fourth-order valence-corrected chi connectivity index (χ4v) is 1.94. The molecule has 100 valence electrons. The monoisotopic (exact) mass is 264 g/mol. The summed E-state index contributed by atoms with van der Waals surface area (Å²) < 4.78 is 0. The maximum absolute atomic E-state index is 8.78. The molecule has 0 aliphatic carbocycles. The van der Waals surface area contributed by atoms with Crippen LogP contribution >= 0.6 is 0 Å². The van der Waals surface area contributed by atoms with Crippen LogP contribution in [0.1, 0.15) is 24.0 Å². The Kier molecular flexibility index (Phi) is 5.21. The van der Waals surface area contributed by atoms with Crippen molar-refractivity contribution in [2.24, 2.45) is 0 Å². The highest BCUT2D eigenvalue weighted by Gasteiger charge is 2.02. The van der Waals surface area contributed by atoms with E-state index in [-0.39, 0.29) is 13.2 Å². The minimum Gasteiger partial charge on any atom is -0.395 e. The molecule has 2 rings (SSSR count). The molecular formula is C18H16O2. The summed E-state index contributed by atoms with van der Waals surface area (Å²) >= 11 is 0. The Hall–Kier alpha value is -2.26. The van der Waals surface area contributed by atoms with E-state index in [2.05, 4.69) is 23.7 Å². The Morgan fingerprint density at radius 2 is 1.15 bits per heavy atom. The van der Waals surface area contributed by atoms with Gasteiger partial charge in [0.1, 0.15) is 0 Å². The van der Waals surface area contributed by atoms with Gasteiger partial charge in [-0.1, -0.05) is 47.9 Å². The first-order valence-electron chi connectivity index (χ1n) is 6.58. The molecule has 2 aromatic carbocycles. The number of fused-ring (bicyclic) bond motifs is 1. The molecule has 0 radical (unpaired) electrons. The van der Waals surface area contributed by atoms with E-state index in [1.807, 2.05) is 36.4 Å². The molecule has 0 heterocycles. The van der Waals surface area contributed by atoms with E-state index < -0.39 is 0 Å². The largest absolute Gasteiger partial charge is 0.395 e. The summed E-state index contributed by atoms with van der Waals surface area (Å²) in [5.41, 5.74) is 1.89. The van der Waals surface area contributed by atoms with Crippen LogP contribution in [0.4, 0.5) is 0 Å². The minimum atomic E-state index is 0.0790. The van der Waals surface area contributed by atoms with Crippen LogP contribution in [0.5, 0.6) is 0 Å². The summed E-state index contributed by atoms with van der Waals surface area (Å²) in [6.07, 6.45) is 0.957. The molecule has 0 aliphatic heterocycles. The standard InChI is InChI=1S/C18H16O2/c19-13-5-3-7-15-11-12-16(8-4-6-14-20)18-10-2-1-9-17(15)18/h1-2,9-12,19-20H,5-6,13-14H2. The van der Waals surface area contributed by atoms with Gasteiger partial charge in [0, 0.05) is 24.0 Å². The maximum Gasteiger partial charge on any atom is 0.0540 e. The average molecular weight is 264 g/mol. The summed E-state index contributed by atoms with van der Waals surface area (Å²) in [5, 5.41) is 19.7. The van der Waals surface area contributed by atoms with Crippen LogP contribution in [-0.4, -0.2) is 23.4 Å². The van der Waals surface area contributed by atoms with Gasteiger partial charge in [-0.25, -0.2) is 0 Å². The molecule has 20 heavy (non-hydrogen) atoms. The van der Waals surface area contributed by atoms with E-state index in [1.165, 1.54) is 0 Å². The summed E-state index contributed by atoms with van der Waals surface area (Å²) in [7, 11) is 0. The van der Waals surface area contributed by atoms with Crippen LogP contribution in [0, 0.1) is 23.7 Å². The van der Waals surface area contributed by atoms with Gasteiger partial charge in [-0.2, -0.15) is 0 Å². The summed E-state index contributed by atoms with van der Waals surface area (Å²) in [4.78, 5) is 0. The molecule has 0 aromatic heterocycles. The van der Waals surface area contributed by atoms with E-state index in [1.54, 1.807) is 0 Å². The second kappa shape index (κ2) is 7.36. The second-order valence-electron chi connectivity index (χ2n) is 4.26.